The predicted octanol–water partition coefficient (Wildman–Crippen LogP) is -0.484. The van der Waals surface area contributed by atoms with E-state index in [9.17, 15) is 4.79 Å². The number of amides is 1. The standard InChI is InChI=1S/C8H12N4O/c9-8(13)6-3-11-12(5-6)7-1-2-10-4-7/h3,5,7,10H,1-2,4H2,(H2,9,13)/t7-/m0/s1. The molecule has 1 atom stereocenters. The predicted molar refractivity (Wildman–Crippen MR) is 47.3 cm³/mol. The van der Waals surface area contributed by atoms with Gasteiger partial charge in [0.05, 0.1) is 17.8 Å². The lowest BCUT2D eigenvalue weighted by atomic mass is 10.3. The zero-order chi connectivity index (χ0) is 9.26. The summed E-state index contributed by atoms with van der Waals surface area (Å²) in [7, 11) is 0. The summed E-state index contributed by atoms with van der Waals surface area (Å²) in [6.45, 7) is 1.93. The number of hydrogen-bond donors (Lipinski definition) is 2. The molecule has 5 heteroatoms. The third kappa shape index (κ3) is 1.55. The van der Waals surface area contributed by atoms with Gasteiger partial charge in [-0.05, 0) is 13.0 Å². The summed E-state index contributed by atoms with van der Waals surface area (Å²) in [5.74, 6) is -0.419. The van der Waals surface area contributed by atoms with Crippen molar-refractivity contribution >= 4 is 5.91 Å². The molecule has 1 amide bonds. The number of rotatable bonds is 2. The Kier molecular flexibility index (Phi) is 2.02. The first-order valence-corrected chi connectivity index (χ1v) is 4.32. The number of primary amides is 1. The molecule has 1 aromatic rings. The van der Waals surface area contributed by atoms with Gasteiger partial charge in [-0.25, -0.2) is 0 Å². The maximum Gasteiger partial charge on any atom is 0.251 e. The minimum absolute atomic E-state index is 0.369. The molecule has 2 heterocycles. The SMILES string of the molecule is NC(=O)c1cnn([C@H]2CCNC2)c1. The van der Waals surface area contributed by atoms with Crippen LogP contribution in [0.3, 0.4) is 0 Å². The number of nitrogens with one attached hydrogen (secondary N) is 1. The van der Waals surface area contributed by atoms with E-state index < -0.39 is 5.91 Å². The molecule has 3 N–H and O–H groups in total. The van der Waals surface area contributed by atoms with Gasteiger partial charge in [0.2, 0.25) is 0 Å². The highest BCUT2D eigenvalue weighted by Crippen LogP contribution is 2.13. The van der Waals surface area contributed by atoms with Crippen molar-refractivity contribution in [1.82, 2.24) is 15.1 Å². The normalized spacial score (nSPS) is 22.0. The Morgan fingerprint density at radius 1 is 1.77 bits per heavy atom. The fourth-order valence-corrected chi connectivity index (χ4v) is 1.53. The van der Waals surface area contributed by atoms with Crippen molar-refractivity contribution in [3.63, 3.8) is 0 Å². The summed E-state index contributed by atoms with van der Waals surface area (Å²) in [6.07, 6.45) is 4.28. The van der Waals surface area contributed by atoms with Crippen LogP contribution in [0, 0.1) is 0 Å². The van der Waals surface area contributed by atoms with Gasteiger partial charge in [0.15, 0.2) is 0 Å². The summed E-state index contributed by atoms with van der Waals surface area (Å²) in [4.78, 5) is 10.8. The van der Waals surface area contributed by atoms with Crippen molar-refractivity contribution in [2.75, 3.05) is 13.1 Å². The monoisotopic (exact) mass is 180 g/mol. The van der Waals surface area contributed by atoms with Crippen molar-refractivity contribution in [2.24, 2.45) is 5.73 Å². The maximum absolute atomic E-state index is 10.8. The van der Waals surface area contributed by atoms with Crippen LogP contribution < -0.4 is 11.1 Å². The lowest BCUT2D eigenvalue weighted by molar-refractivity contribution is 0.1000. The molecule has 0 unspecified atom stereocenters. The van der Waals surface area contributed by atoms with Crippen LogP contribution >= 0.6 is 0 Å². The van der Waals surface area contributed by atoms with Gasteiger partial charge in [0.1, 0.15) is 0 Å². The molecule has 70 valence electrons. The molecule has 1 aliphatic heterocycles. The van der Waals surface area contributed by atoms with Crippen molar-refractivity contribution in [1.29, 1.82) is 0 Å². The van der Waals surface area contributed by atoms with Gasteiger partial charge >= 0.3 is 0 Å². The van der Waals surface area contributed by atoms with Crippen LogP contribution in [-0.4, -0.2) is 28.8 Å². The van der Waals surface area contributed by atoms with Gasteiger partial charge in [0, 0.05) is 12.7 Å². The van der Waals surface area contributed by atoms with Crippen LogP contribution in [0.4, 0.5) is 0 Å². The zero-order valence-electron chi connectivity index (χ0n) is 7.23. The first-order chi connectivity index (χ1) is 6.27. The largest absolute Gasteiger partial charge is 0.366 e. The van der Waals surface area contributed by atoms with Crippen LogP contribution in [0.1, 0.15) is 22.8 Å². The highest BCUT2D eigenvalue weighted by molar-refractivity contribution is 5.92. The second-order valence-electron chi connectivity index (χ2n) is 3.22. The molecular weight excluding hydrogens is 168 g/mol. The van der Waals surface area contributed by atoms with Gasteiger partial charge in [-0.1, -0.05) is 0 Å². The van der Waals surface area contributed by atoms with Gasteiger partial charge in [-0.15, -0.1) is 0 Å². The summed E-state index contributed by atoms with van der Waals surface area (Å²) < 4.78 is 1.81. The molecule has 0 bridgehead atoms. The molecule has 2 rings (SSSR count). The molecular formula is C8H12N4O. The number of nitrogens with two attached hydrogens (primary N) is 1. The molecule has 1 aliphatic rings. The van der Waals surface area contributed by atoms with Gasteiger partial charge in [-0.3, -0.25) is 9.48 Å². The summed E-state index contributed by atoms with van der Waals surface area (Å²) in [5.41, 5.74) is 5.60. The van der Waals surface area contributed by atoms with E-state index in [1.165, 1.54) is 6.20 Å². The minimum Gasteiger partial charge on any atom is -0.366 e. The average molecular weight is 180 g/mol. The molecule has 0 saturated carbocycles. The maximum atomic E-state index is 10.8. The van der Waals surface area contributed by atoms with Crippen molar-refractivity contribution in [2.45, 2.75) is 12.5 Å². The molecule has 5 nitrogen and oxygen atoms in total. The molecule has 0 spiro atoms. The van der Waals surface area contributed by atoms with E-state index in [1.54, 1.807) is 10.9 Å². The first-order valence-electron chi connectivity index (χ1n) is 4.32. The number of carbonyl (C=O) groups is 1. The van der Waals surface area contributed by atoms with Crippen molar-refractivity contribution in [3.8, 4) is 0 Å². The number of hydrogen-bond acceptors (Lipinski definition) is 3. The van der Waals surface area contributed by atoms with Gasteiger partial charge in [0.25, 0.3) is 5.91 Å². The van der Waals surface area contributed by atoms with Crippen molar-refractivity contribution in [3.05, 3.63) is 18.0 Å². The lowest BCUT2D eigenvalue weighted by Crippen LogP contribution is -2.14. The number of nitrogens with zero attached hydrogens (tertiary/aromatic N) is 2. The smallest absolute Gasteiger partial charge is 0.251 e. The van der Waals surface area contributed by atoms with Crippen molar-refractivity contribution < 1.29 is 4.79 Å². The second-order valence-corrected chi connectivity index (χ2v) is 3.22. The average Bonchev–Trinajstić information content (AvgIpc) is 2.75. The number of carbonyl (C=O) groups excluding carboxylic acids is 1. The van der Waals surface area contributed by atoms with E-state index in [4.69, 9.17) is 5.73 Å². The van der Waals surface area contributed by atoms with Crippen LogP contribution in [0.2, 0.25) is 0 Å². The summed E-state index contributed by atoms with van der Waals surface area (Å²) in [6, 6.07) is 0.369. The Morgan fingerprint density at radius 3 is 3.15 bits per heavy atom. The molecule has 0 aliphatic carbocycles. The minimum atomic E-state index is -0.419. The fraction of sp³-hybridized carbons (Fsp3) is 0.500. The third-order valence-electron chi connectivity index (χ3n) is 2.29. The summed E-state index contributed by atoms with van der Waals surface area (Å²) >= 11 is 0. The molecule has 1 fully saturated rings. The summed E-state index contributed by atoms with van der Waals surface area (Å²) in [5, 5.41) is 7.33. The quantitative estimate of drug-likeness (QED) is 0.645. The second kappa shape index (κ2) is 3.18. The van der Waals surface area contributed by atoms with E-state index in [0.717, 1.165) is 19.5 Å². The third-order valence-corrected chi connectivity index (χ3v) is 2.29. The highest BCUT2D eigenvalue weighted by atomic mass is 16.1. The highest BCUT2D eigenvalue weighted by Gasteiger charge is 2.17. The Labute approximate surface area is 75.9 Å². The molecule has 1 saturated heterocycles. The topological polar surface area (TPSA) is 72.9 Å². The molecule has 13 heavy (non-hydrogen) atoms. The van der Waals surface area contributed by atoms with E-state index in [1.807, 2.05) is 0 Å². The van der Waals surface area contributed by atoms with E-state index in [-0.39, 0.29) is 0 Å². The van der Waals surface area contributed by atoms with Crippen LogP contribution in [0.15, 0.2) is 12.4 Å². The van der Waals surface area contributed by atoms with Gasteiger partial charge < -0.3 is 11.1 Å². The Balaban J connectivity index is 2.16. The Hall–Kier alpha value is -1.36. The molecule has 1 aromatic heterocycles. The van der Waals surface area contributed by atoms with E-state index in [0.29, 0.717) is 11.6 Å². The zero-order valence-corrected chi connectivity index (χ0v) is 7.23. The lowest BCUT2D eigenvalue weighted by Gasteiger charge is -2.07. The van der Waals surface area contributed by atoms with Gasteiger partial charge in [-0.2, -0.15) is 5.10 Å². The Morgan fingerprint density at radius 2 is 2.62 bits per heavy atom. The first kappa shape index (κ1) is 8.25. The van der Waals surface area contributed by atoms with Crippen LogP contribution in [0.5, 0.6) is 0 Å². The fourth-order valence-electron chi connectivity index (χ4n) is 1.53. The van der Waals surface area contributed by atoms with Crippen LogP contribution in [-0.2, 0) is 0 Å². The van der Waals surface area contributed by atoms with E-state index in [2.05, 4.69) is 10.4 Å². The Bertz CT molecular complexity index is 314. The molecule has 0 aromatic carbocycles. The van der Waals surface area contributed by atoms with Crippen LogP contribution in [0.25, 0.3) is 0 Å². The molecule has 0 radical (unpaired) electrons. The van der Waals surface area contributed by atoms with E-state index >= 15 is 0 Å². The number of aromatic nitrogens is 2.